The molecule has 1 amide bonds. The first kappa shape index (κ1) is 19.7. The van der Waals surface area contributed by atoms with Crippen molar-refractivity contribution in [3.63, 3.8) is 0 Å². The highest BCUT2D eigenvalue weighted by Crippen LogP contribution is 2.27. The quantitative estimate of drug-likeness (QED) is 0.406. The van der Waals surface area contributed by atoms with Crippen molar-refractivity contribution in [1.29, 1.82) is 5.26 Å². The minimum atomic E-state index is -0.426. The number of hydrogen-bond acceptors (Lipinski definition) is 4. The fourth-order valence-corrected chi connectivity index (χ4v) is 2.65. The molecule has 26 heavy (non-hydrogen) atoms. The monoisotopic (exact) mass is 414 g/mol. The molecule has 0 saturated carbocycles. The van der Waals surface area contributed by atoms with Crippen LogP contribution in [0.25, 0.3) is 6.08 Å². The van der Waals surface area contributed by atoms with Gasteiger partial charge in [0.05, 0.1) is 11.1 Å². The van der Waals surface area contributed by atoms with Crippen LogP contribution in [0.4, 0.5) is 0 Å². The zero-order valence-corrected chi connectivity index (χ0v) is 16.0. The first-order valence-corrected chi connectivity index (χ1v) is 8.78. The minimum absolute atomic E-state index is 0.0333. The van der Waals surface area contributed by atoms with Gasteiger partial charge in [0.1, 0.15) is 24.0 Å². The van der Waals surface area contributed by atoms with Crippen LogP contribution in [0.2, 0.25) is 0 Å². The molecule has 0 aliphatic carbocycles. The Labute approximate surface area is 161 Å². The van der Waals surface area contributed by atoms with Crippen LogP contribution < -0.4 is 10.1 Å². The molecule has 0 aliphatic rings. The van der Waals surface area contributed by atoms with Crippen LogP contribution in [0.15, 0.2) is 58.6 Å². The van der Waals surface area contributed by atoms with Gasteiger partial charge in [-0.3, -0.25) is 4.79 Å². The van der Waals surface area contributed by atoms with Crippen molar-refractivity contribution in [2.24, 2.45) is 0 Å². The molecule has 0 spiro atoms. The highest BCUT2D eigenvalue weighted by molar-refractivity contribution is 9.10. The zero-order valence-electron chi connectivity index (χ0n) is 14.4. The first-order chi connectivity index (χ1) is 12.6. The van der Waals surface area contributed by atoms with Gasteiger partial charge >= 0.3 is 0 Å². The fourth-order valence-electron chi connectivity index (χ4n) is 2.14. The Morgan fingerprint density at radius 1 is 1.27 bits per heavy atom. The van der Waals surface area contributed by atoms with E-state index >= 15 is 0 Å². The zero-order chi connectivity index (χ0) is 18.8. The maximum absolute atomic E-state index is 12.0. The topological polar surface area (TPSA) is 71.3 Å². The van der Waals surface area contributed by atoms with Crippen molar-refractivity contribution in [2.45, 2.75) is 6.61 Å². The molecule has 0 saturated heterocycles. The first-order valence-electron chi connectivity index (χ1n) is 7.99. The van der Waals surface area contributed by atoms with Gasteiger partial charge in [-0.15, -0.1) is 0 Å². The third kappa shape index (κ3) is 6.03. The van der Waals surface area contributed by atoms with Crippen molar-refractivity contribution < 1.29 is 14.3 Å². The van der Waals surface area contributed by atoms with Gasteiger partial charge < -0.3 is 14.8 Å². The van der Waals surface area contributed by atoms with Crippen LogP contribution in [-0.2, 0) is 16.1 Å². The Bertz CT molecular complexity index is 814. The molecule has 0 atom stereocenters. The van der Waals surface area contributed by atoms with Gasteiger partial charge in [0, 0.05) is 13.7 Å². The highest BCUT2D eigenvalue weighted by Gasteiger charge is 2.09. The average molecular weight is 415 g/mol. The van der Waals surface area contributed by atoms with Crippen molar-refractivity contribution >= 4 is 27.9 Å². The smallest absolute Gasteiger partial charge is 0.262 e. The Hall–Kier alpha value is -2.62. The van der Waals surface area contributed by atoms with E-state index in [0.717, 1.165) is 15.6 Å². The number of nitriles is 1. The Balaban J connectivity index is 2.05. The summed E-state index contributed by atoms with van der Waals surface area (Å²) in [5.41, 5.74) is 1.83. The van der Waals surface area contributed by atoms with Crippen LogP contribution in [-0.4, -0.2) is 26.2 Å². The molecule has 2 aromatic rings. The number of carbonyl (C=O) groups is 1. The number of nitrogens with one attached hydrogen (secondary N) is 1. The van der Waals surface area contributed by atoms with Crippen LogP contribution in [0.5, 0.6) is 5.75 Å². The number of nitrogens with zero attached hydrogens (tertiary/aromatic N) is 1. The SMILES string of the molecule is COCCNC(=O)C(C#N)=Cc1ccc(OCc2ccccc2)c(Br)c1. The van der Waals surface area contributed by atoms with Crippen LogP contribution in [0.1, 0.15) is 11.1 Å². The summed E-state index contributed by atoms with van der Waals surface area (Å²) in [6.45, 7) is 1.20. The summed E-state index contributed by atoms with van der Waals surface area (Å²) in [6.07, 6.45) is 1.54. The number of methoxy groups -OCH3 is 1. The Kier molecular flexibility index (Phi) is 7.87. The lowest BCUT2D eigenvalue weighted by Gasteiger charge is -2.09. The lowest BCUT2D eigenvalue weighted by molar-refractivity contribution is -0.117. The highest BCUT2D eigenvalue weighted by atomic mass is 79.9. The predicted molar refractivity (Wildman–Crippen MR) is 103 cm³/mol. The molecule has 0 heterocycles. The Morgan fingerprint density at radius 3 is 2.69 bits per heavy atom. The van der Waals surface area contributed by atoms with E-state index in [9.17, 15) is 10.1 Å². The summed E-state index contributed by atoms with van der Waals surface area (Å²) in [6, 6.07) is 17.2. The van der Waals surface area contributed by atoms with Gasteiger partial charge in [-0.1, -0.05) is 36.4 Å². The van der Waals surface area contributed by atoms with Crippen LogP contribution in [0.3, 0.4) is 0 Å². The summed E-state index contributed by atoms with van der Waals surface area (Å²) in [5.74, 6) is 0.263. The molecule has 0 unspecified atom stereocenters. The predicted octanol–water partition coefficient (Wildman–Crippen LogP) is 3.70. The molecule has 0 fully saturated rings. The number of benzene rings is 2. The van der Waals surface area contributed by atoms with E-state index in [-0.39, 0.29) is 5.57 Å². The number of hydrogen-bond donors (Lipinski definition) is 1. The number of rotatable bonds is 8. The summed E-state index contributed by atoms with van der Waals surface area (Å²) in [5, 5.41) is 11.8. The van der Waals surface area contributed by atoms with Crippen LogP contribution in [0, 0.1) is 11.3 Å². The molecule has 1 N–H and O–H groups in total. The number of amides is 1. The molecule has 0 aromatic heterocycles. The third-order valence-electron chi connectivity index (χ3n) is 3.46. The van der Waals surface area contributed by atoms with Crippen LogP contribution >= 0.6 is 15.9 Å². The molecule has 5 nitrogen and oxygen atoms in total. The van der Waals surface area contributed by atoms with Crippen molar-refractivity contribution in [2.75, 3.05) is 20.3 Å². The number of carbonyl (C=O) groups excluding carboxylic acids is 1. The van der Waals surface area contributed by atoms with Gasteiger partial charge in [0.25, 0.3) is 5.91 Å². The van der Waals surface area contributed by atoms with E-state index in [1.165, 1.54) is 6.08 Å². The maximum atomic E-state index is 12.0. The maximum Gasteiger partial charge on any atom is 0.262 e. The summed E-state index contributed by atoms with van der Waals surface area (Å²) >= 11 is 3.47. The fraction of sp³-hybridized carbons (Fsp3) is 0.200. The van der Waals surface area contributed by atoms with Crippen molar-refractivity contribution in [1.82, 2.24) is 5.32 Å². The van der Waals surface area contributed by atoms with Gasteiger partial charge in [0.2, 0.25) is 0 Å². The second-order valence-corrected chi connectivity index (χ2v) is 6.24. The third-order valence-corrected chi connectivity index (χ3v) is 4.08. The van der Waals surface area contributed by atoms with Crippen molar-refractivity contribution in [3.8, 4) is 11.8 Å². The average Bonchev–Trinajstić information content (AvgIpc) is 2.66. The van der Waals surface area contributed by atoms with E-state index in [1.807, 2.05) is 36.4 Å². The summed E-state index contributed by atoms with van der Waals surface area (Å²) < 4.78 is 11.4. The van der Waals surface area contributed by atoms with E-state index < -0.39 is 5.91 Å². The molecule has 2 rings (SSSR count). The van der Waals surface area contributed by atoms with E-state index in [1.54, 1.807) is 25.3 Å². The number of ether oxygens (including phenoxy) is 2. The minimum Gasteiger partial charge on any atom is -0.488 e. The molecular formula is C20H19BrN2O3. The molecule has 2 aromatic carbocycles. The molecule has 134 valence electrons. The summed E-state index contributed by atoms with van der Waals surface area (Å²) in [7, 11) is 1.55. The van der Waals surface area contributed by atoms with Crippen molar-refractivity contribution in [3.05, 3.63) is 69.7 Å². The molecule has 0 radical (unpaired) electrons. The molecular weight excluding hydrogens is 396 g/mol. The largest absolute Gasteiger partial charge is 0.488 e. The standard InChI is InChI=1S/C20H19BrN2O3/c1-25-10-9-23-20(24)17(13-22)11-16-7-8-19(18(21)12-16)26-14-15-5-3-2-4-6-15/h2-8,11-12H,9-10,14H2,1H3,(H,23,24). The van der Waals surface area contributed by atoms with Gasteiger partial charge in [-0.05, 0) is 45.3 Å². The molecule has 0 bridgehead atoms. The second-order valence-electron chi connectivity index (χ2n) is 5.38. The number of halogens is 1. The molecule has 0 aliphatic heterocycles. The van der Waals surface area contributed by atoms with E-state index in [4.69, 9.17) is 9.47 Å². The normalized spacial score (nSPS) is 10.9. The second kappa shape index (κ2) is 10.4. The lowest BCUT2D eigenvalue weighted by Crippen LogP contribution is -2.27. The van der Waals surface area contributed by atoms with Gasteiger partial charge in [-0.2, -0.15) is 5.26 Å². The Morgan fingerprint density at radius 2 is 2.04 bits per heavy atom. The van der Waals surface area contributed by atoms with E-state index in [2.05, 4.69) is 21.2 Å². The van der Waals surface area contributed by atoms with Gasteiger partial charge in [-0.25, -0.2) is 0 Å². The summed E-state index contributed by atoms with van der Waals surface area (Å²) in [4.78, 5) is 12.0. The van der Waals surface area contributed by atoms with Gasteiger partial charge in [0.15, 0.2) is 0 Å². The van der Waals surface area contributed by atoms with E-state index in [0.29, 0.717) is 25.5 Å². The lowest BCUT2D eigenvalue weighted by atomic mass is 10.1. The molecule has 6 heteroatoms.